The lowest BCUT2D eigenvalue weighted by Crippen LogP contribution is -2.31. The van der Waals surface area contributed by atoms with Gasteiger partial charge in [0.15, 0.2) is 0 Å². The molecule has 1 aromatic rings. The summed E-state index contributed by atoms with van der Waals surface area (Å²) < 4.78 is 5.79. The van der Waals surface area contributed by atoms with Crippen LogP contribution in [0.25, 0.3) is 0 Å². The third kappa shape index (κ3) is 4.51. The highest BCUT2D eigenvalue weighted by Crippen LogP contribution is 2.21. The zero-order valence-electron chi connectivity index (χ0n) is 8.13. The standard InChI is InChI=1S/C9H11BrClNO2S/c1-14-5-6(11)4-12-9(13)7-2-3-8(10)15-7/h2-3,6H,4-5H2,1H3,(H,12,13). The number of rotatable bonds is 5. The van der Waals surface area contributed by atoms with Crippen LogP contribution in [0.4, 0.5) is 0 Å². The predicted octanol–water partition coefficient (Wildman–Crippen LogP) is 2.49. The Bertz CT molecular complexity index is 332. The molecule has 1 unspecified atom stereocenters. The van der Waals surface area contributed by atoms with Crippen LogP contribution in [0.5, 0.6) is 0 Å². The van der Waals surface area contributed by atoms with Crippen LogP contribution in [-0.4, -0.2) is 31.5 Å². The monoisotopic (exact) mass is 311 g/mol. The second kappa shape index (κ2) is 6.48. The van der Waals surface area contributed by atoms with E-state index in [-0.39, 0.29) is 11.3 Å². The van der Waals surface area contributed by atoms with Crippen molar-refractivity contribution in [1.82, 2.24) is 5.32 Å². The van der Waals surface area contributed by atoms with E-state index in [1.165, 1.54) is 11.3 Å². The zero-order chi connectivity index (χ0) is 11.3. The van der Waals surface area contributed by atoms with Crippen LogP contribution in [0.15, 0.2) is 15.9 Å². The quantitative estimate of drug-likeness (QED) is 0.848. The van der Waals surface area contributed by atoms with Crippen LogP contribution >= 0.6 is 38.9 Å². The van der Waals surface area contributed by atoms with E-state index in [9.17, 15) is 4.79 Å². The Labute approximate surface area is 106 Å². The molecule has 0 aliphatic carbocycles. The van der Waals surface area contributed by atoms with Crippen molar-refractivity contribution >= 4 is 44.8 Å². The molecular formula is C9H11BrClNO2S. The van der Waals surface area contributed by atoms with Crippen LogP contribution in [0.3, 0.4) is 0 Å². The van der Waals surface area contributed by atoms with Gasteiger partial charge < -0.3 is 10.1 Å². The molecule has 0 aliphatic heterocycles. The minimum absolute atomic E-state index is 0.104. The van der Waals surface area contributed by atoms with Gasteiger partial charge in [0.05, 0.1) is 20.6 Å². The summed E-state index contributed by atoms with van der Waals surface area (Å²) in [6.07, 6.45) is 0. The van der Waals surface area contributed by atoms with Gasteiger partial charge in [-0.15, -0.1) is 22.9 Å². The fourth-order valence-electron chi connectivity index (χ4n) is 0.967. The molecule has 1 rings (SSSR count). The number of carbonyl (C=O) groups excluding carboxylic acids is 1. The molecule has 0 aliphatic rings. The Balaban J connectivity index is 2.36. The summed E-state index contributed by atoms with van der Waals surface area (Å²) >= 11 is 10.6. The first-order chi connectivity index (χ1) is 7.13. The van der Waals surface area contributed by atoms with Gasteiger partial charge >= 0.3 is 0 Å². The van der Waals surface area contributed by atoms with Crippen LogP contribution in [0.1, 0.15) is 9.67 Å². The van der Waals surface area contributed by atoms with E-state index in [0.717, 1.165) is 3.79 Å². The number of alkyl halides is 1. The largest absolute Gasteiger partial charge is 0.383 e. The number of carbonyl (C=O) groups is 1. The molecule has 0 spiro atoms. The van der Waals surface area contributed by atoms with E-state index < -0.39 is 0 Å². The Morgan fingerprint density at radius 3 is 3.00 bits per heavy atom. The first-order valence-electron chi connectivity index (χ1n) is 4.30. The van der Waals surface area contributed by atoms with Crippen LogP contribution in [-0.2, 0) is 4.74 Å². The number of amides is 1. The molecule has 0 aromatic carbocycles. The maximum absolute atomic E-state index is 11.5. The lowest BCUT2D eigenvalue weighted by atomic mass is 10.4. The van der Waals surface area contributed by atoms with Gasteiger partial charge in [-0.1, -0.05) is 0 Å². The summed E-state index contributed by atoms with van der Waals surface area (Å²) in [5.41, 5.74) is 0. The number of halogens is 2. The van der Waals surface area contributed by atoms with E-state index in [1.807, 2.05) is 6.07 Å². The van der Waals surface area contributed by atoms with Crippen molar-refractivity contribution in [2.45, 2.75) is 5.38 Å². The predicted molar refractivity (Wildman–Crippen MR) is 65.9 cm³/mol. The third-order valence-electron chi connectivity index (χ3n) is 1.63. The van der Waals surface area contributed by atoms with Crippen molar-refractivity contribution in [2.24, 2.45) is 0 Å². The Kier molecular flexibility index (Phi) is 5.60. The number of hydrogen-bond acceptors (Lipinski definition) is 3. The highest BCUT2D eigenvalue weighted by atomic mass is 79.9. The van der Waals surface area contributed by atoms with Gasteiger partial charge in [-0.25, -0.2) is 0 Å². The highest BCUT2D eigenvalue weighted by Gasteiger charge is 2.10. The number of thiophene rings is 1. The summed E-state index contributed by atoms with van der Waals surface area (Å²) in [4.78, 5) is 12.2. The fraction of sp³-hybridized carbons (Fsp3) is 0.444. The molecule has 0 saturated carbocycles. The van der Waals surface area contributed by atoms with Gasteiger partial charge in [-0.2, -0.15) is 0 Å². The molecule has 3 nitrogen and oxygen atoms in total. The SMILES string of the molecule is COCC(Cl)CNC(=O)c1ccc(Br)s1. The second-order valence-corrected chi connectivity index (χ2v) is 5.95. The molecule has 0 fully saturated rings. The fourth-order valence-corrected chi connectivity index (χ4v) is 2.47. The van der Waals surface area contributed by atoms with Gasteiger partial charge in [0.2, 0.25) is 0 Å². The Hall–Kier alpha value is -0.100. The summed E-state index contributed by atoms with van der Waals surface area (Å²) in [6.45, 7) is 0.833. The highest BCUT2D eigenvalue weighted by molar-refractivity contribution is 9.11. The van der Waals surface area contributed by atoms with E-state index in [4.69, 9.17) is 16.3 Å². The Morgan fingerprint density at radius 1 is 1.73 bits per heavy atom. The van der Waals surface area contributed by atoms with Crippen molar-refractivity contribution < 1.29 is 9.53 Å². The van der Waals surface area contributed by atoms with E-state index in [0.29, 0.717) is 18.0 Å². The lowest BCUT2D eigenvalue weighted by Gasteiger charge is -2.08. The molecule has 0 saturated heterocycles. The van der Waals surface area contributed by atoms with Gasteiger partial charge in [0.1, 0.15) is 0 Å². The van der Waals surface area contributed by atoms with Crippen molar-refractivity contribution in [3.63, 3.8) is 0 Å². The van der Waals surface area contributed by atoms with Gasteiger partial charge in [0.25, 0.3) is 5.91 Å². The maximum atomic E-state index is 11.5. The first kappa shape index (κ1) is 13.0. The van der Waals surface area contributed by atoms with Crippen LogP contribution in [0, 0.1) is 0 Å². The molecule has 15 heavy (non-hydrogen) atoms. The molecule has 0 radical (unpaired) electrons. The maximum Gasteiger partial charge on any atom is 0.261 e. The molecule has 1 aromatic heterocycles. The molecule has 1 N–H and O–H groups in total. The molecule has 84 valence electrons. The van der Waals surface area contributed by atoms with E-state index in [2.05, 4.69) is 21.2 Å². The smallest absolute Gasteiger partial charge is 0.261 e. The topological polar surface area (TPSA) is 38.3 Å². The zero-order valence-corrected chi connectivity index (χ0v) is 11.3. The average Bonchev–Trinajstić information content (AvgIpc) is 2.62. The molecular weight excluding hydrogens is 302 g/mol. The molecule has 1 atom stereocenters. The summed E-state index contributed by atoms with van der Waals surface area (Å²) in [6, 6.07) is 3.61. The summed E-state index contributed by atoms with van der Waals surface area (Å²) in [5.74, 6) is -0.104. The minimum atomic E-state index is -0.192. The van der Waals surface area contributed by atoms with Gasteiger partial charge in [-0.05, 0) is 28.1 Å². The molecule has 6 heteroatoms. The number of methoxy groups -OCH3 is 1. The normalized spacial score (nSPS) is 12.5. The number of ether oxygens (including phenoxy) is 1. The average molecular weight is 313 g/mol. The third-order valence-corrected chi connectivity index (χ3v) is 3.53. The Morgan fingerprint density at radius 2 is 2.47 bits per heavy atom. The van der Waals surface area contributed by atoms with E-state index >= 15 is 0 Å². The van der Waals surface area contributed by atoms with E-state index in [1.54, 1.807) is 13.2 Å². The van der Waals surface area contributed by atoms with Gasteiger partial charge in [-0.3, -0.25) is 4.79 Å². The van der Waals surface area contributed by atoms with Crippen molar-refractivity contribution in [2.75, 3.05) is 20.3 Å². The lowest BCUT2D eigenvalue weighted by molar-refractivity contribution is 0.0953. The number of nitrogens with one attached hydrogen (secondary N) is 1. The van der Waals surface area contributed by atoms with Crippen LogP contribution in [0.2, 0.25) is 0 Å². The minimum Gasteiger partial charge on any atom is -0.383 e. The first-order valence-corrected chi connectivity index (χ1v) is 6.34. The second-order valence-electron chi connectivity index (χ2n) is 2.87. The molecule has 0 bridgehead atoms. The summed E-state index contributed by atoms with van der Waals surface area (Å²) in [7, 11) is 1.58. The van der Waals surface area contributed by atoms with Crippen LogP contribution < -0.4 is 5.32 Å². The molecule has 1 heterocycles. The number of hydrogen-bond donors (Lipinski definition) is 1. The van der Waals surface area contributed by atoms with Gasteiger partial charge in [0, 0.05) is 13.7 Å². The van der Waals surface area contributed by atoms with Crippen molar-refractivity contribution in [3.8, 4) is 0 Å². The molecule has 1 amide bonds. The van der Waals surface area contributed by atoms with Crippen molar-refractivity contribution in [3.05, 3.63) is 20.8 Å². The van der Waals surface area contributed by atoms with Crippen molar-refractivity contribution in [1.29, 1.82) is 0 Å². The summed E-state index contributed by atoms with van der Waals surface area (Å²) in [5, 5.41) is 2.54.